The molecule has 2 unspecified atom stereocenters. The minimum atomic E-state index is -3.09. The van der Waals surface area contributed by atoms with Gasteiger partial charge in [0.15, 0.2) is 9.84 Å². The summed E-state index contributed by atoms with van der Waals surface area (Å²) in [5, 5.41) is 3.85. The third-order valence-electron chi connectivity index (χ3n) is 4.81. The Morgan fingerprint density at radius 3 is 2.48 bits per heavy atom. The Bertz CT molecular complexity index is 902. The zero-order chi connectivity index (χ0) is 19.4. The number of anilines is 1. The van der Waals surface area contributed by atoms with Crippen molar-refractivity contribution in [2.75, 3.05) is 23.0 Å². The number of amides is 1. The highest BCUT2D eigenvalue weighted by Gasteiger charge is 2.35. The zero-order valence-corrected chi connectivity index (χ0v) is 16.7. The summed E-state index contributed by atoms with van der Waals surface area (Å²) in [6.45, 7) is 2.04. The van der Waals surface area contributed by atoms with Gasteiger partial charge in [-0.15, -0.1) is 0 Å². The summed E-state index contributed by atoms with van der Waals surface area (Å²) in [5.74, 6) is -0.0203. The highest BCUT2D eigenvalue weighted by molar-refractivity contribution is 7.91. The average molecular weight is 407 g/mol. The van der Waals surface area contributed by atoms with Gasteiger partial charge in [0.2, 0.25) is 5.91 Å². The molecule has 1 amide bonds. The standard InChI is InChI=1S/C20H23ClN2O3S/c1-15(18-9-5-6-10-19(18)21)22-13-20(24)23(16-7-3-2-4-8-16)17-11-12-27(25,26)14-17/h2-10,15,17,22H,11-14H2,1H3. The van der Waals surface area contributed by atoms with Crippen molar-refractivity contribution >= 4 is 33.0 Å². The molecule has 3 rings (SSSR count). The number of nitrogens with one attached hydrogen (secondary N) is 1. The van der Waals surface area contributed by atoms with Crippen LogP contribution < -0.4 is 10.2 Å². The van der Waals surface area contributed by atoms with Crippen molar-refractivity contribution in [2.45, 2.75) is 25.4 Å². The fraction of sp³-hybridized carbons (Fsp3) is 0.350. The van der Waals surface area contributed by atoms with Crippen LogP contribution in [-0.4, -0.2) is 38.4 Å². The summed E-state index contributed by atoms with van der Waals surface area (Å²) in [7, 11) is -3.09. The number of carbonyl (C=O) groups is 1. The predicted molar refractivity (Wildman–Crippen MR) is 109 cm³/mol. The van der Waals surface area contributed by atoms with Gasteiger partial charge in [0, 0.05) is 16.8 Å². The van der Waals surface area contributed by atoms with E-state index in [9.17, 15) is 13.2 Å². The van der Waals surface area contributed by atoms with E-state index < -0.39 is 9.84 Å². The lowest BCUT2D eigenvalue weighted by Gasteiger charge is -2.29. The van der Waals surface area contributed by atoms with Gasteiger partial charge in [-0.25, -0.2) is 8.42 Å². The van der Waals surface area contributed by atoms with Crippen molar-refractivity contribution in [2.24, 2.45) is 0 Å². The molecule has 0 radical (unpaired) electrons. The second-order valence-electron chi connectivity index (χ2n) is 6.78. The Balaban J connectivity index is 1.75. The van der Waals surface area contributed by atoms with Gasteiger partial charge in [0.05, 0.1) is 24.1 Å². The topological polar surface area (TPSA) is 66.5 Å². The van der Waals surface area contributed by atoms with E-state index in [-0.39, 0.29) is 36.0 Å². The molecule has 0 aliphatic carbocycles. The van der Waals surface area contributed by atoms with E-state index in [1.54, 1.807) is 4.90 Å². The molecule has 1 aliphatic heterocycles. The van der Waals surface area contributed by atoms with E-state index in [0.29, 0.717) is 11.4 Å². The van der Waals surface area contributed by atoms with E-state index in [1.165, 1.54) is 0 Å². The van der Waals surface area contributed by atoms with Crippen LogP contribution in [0.1, 0.15) is 24.9 Å². The molecule has 1 heterocycles. The van der Waals surface area contributed by atoms with Crippen LogP contribution in [0.4, 0.5) is 5.69 Å². The predicted octanol–water partition coefficient (Wildman–Crippen LogP) is 3.21. The van der Waals surface area contributed by atoms with Gasteiger partial charge in [-0.05, 0) is 37.1 Å². The van der Waals surface area contributed by atoms with Crippen molar-refractivity contribution in [1.29, 1.82) is 0 Å². The highest BCUT2D eigenvalue weighted by atomic mass is 35.5. The number of hydrogen-bond acceptors (Lipinski definition) is 4. The number of carbonyl (C=O) groups excluding carboxylic acids is 1. The van der Waals surface area contributed by atoms with Crippen molar-refractivity contribution in [1.82, 2.24) is 5.32 Å². The van der Waals surface area contributed by atoms with Crippen molar-refractivity contribution in [3.63, 3.8) is 0 Å². The van der Waals surface area contributed by atoms with Crippen LogP contribution in [0, 0.1) is 0 Å². The summed E-state index contributed by atoms with van der Waals surface area (Å²) in [6.07, 6.45) is 0.461. The van der Waals surface area contributed by atoms with Crippen molar-refractivity contribution in [3.8, 4) is 0 Å². The largest absolute Gasteiger partial charge is 0.307 e. The molecule has 0 saturated carbocycles. The van der Waals surface area contributed by atoms with E-state index >= 15 is 0 Å². The molecular formula is C20H23ClN2O3S. The molecule has 0 aromatic heterocycles. The fourth-order valence-electron chi connectivity index (χ4n) is 3.39. The first kappa shape index (κ1) is 19.9. The summed E-state index contributed by atoms with van der Waals surface area (Å²) >= 11 is 6.23. The lowest BCUT2D eigenvalue weighted by molar-refractivity contribution is -0.118. The lowest BCUT2D eigenvalue weighted by Crippen LogP contribution is -2.46. The molecular weight excluding hydrogens is 384 g/mol. The Morgan fingerprint density at radius 2 is 1.85 bits per heavy atom. The number of nitrogens with zero attached hydrogens (tertiary/aromatic N) is 1. The SMILES string of the molecule is CC(NCC(=O)N(c1ccccc1)C1CCS(=O)(=O)C1)c1ccccc1Cl. The van der Waals surface area contributed by atoms with Crippen LogP contribution in [0.3, 0.4) is 0 Å². The van der Waals surface area contributed by atoms with Crippen LogP contribution in [0.25, 0.3) is 0 Å². The average Bonchev–Trinajstić information content (AvgIpc) is 3.00. The van der Waals surface area contributed by atoms with Gasteiger partial charge in [-0.3, -0.25) is 4.79 Å². The van der Waals surface area contributed by atoms with Crippen LogP contribution >= 0.6 is 11.6 Å². The van der Waals surface area contributed by atoms with E-state index in [4.69, 9.17) is 11.6 Å². The van der Waals surface area contributed by atoms with Crippen LogP contribution in [0.2, 0.25) is 5.02 Å². The molecule has 144 valence electrons. The molecule has 1 fully saturated rings. The molecule has 2 aromatic rings. The third kappa shape index (κ3) is 4.89. The number of rotatable bonds is 6. The fourth-order valence-corrected chi connectivity index (χ4v) is 5.39. The van der Waals surface area contributed by atoms with Gasteiger partial charge in [0.25, 0.3) is 0 Å². The molecule has 1 saturated heterocycles. The maximum atomic E-state index is 13.0. The van der Waals surface area contributed by atoms with Gasteiger partial charge in [0.1, 0.15) is 0 Å². The first-order valence-electron chi connectivity index (χ1n) is 8.93. The molecule has 27 heavy (non-hydrogen) atoms. The number of sulfone groups is 1. The van der Waals surface area contributed by atoms with Crippen LogP contribution in [0.15, 0.2) is 54.6 Å². The first-order valence-corrected chi connectivity index (χ1v) is 11.1. The first-order chi connectivity index (χ1) is 12.9. The van der Waals surface area contributed by atoms with Crippen LogP contribution in [0.5, 0.6) is 0 Å². The molecule has 1 aliphatic rings. The zero-order valence-electron chi connectivity index (χ0n) is 15.1. The molecule has 0 bridgehead atoms. The Morgan fingerprint density at radius 1 is 1.19 bits per heavy atom. The summed E-state index contributed by atoms with van der Waals surface area (Å²) < 4.78 is 23.8. The van der Waals surface area contributed by atoms with Gasteiger partial charge < -0.3 is 10.2 Å². The van der Waals surface area contributed by atoms with E-state index in [0.717, 1.165) is 11.3 Å². The normalized spacial score (nSPS) is 19.6. The lowest BCUT2D eigenvalue weighted by atomic mass is 10.1. The number of halogens is 1. The van der Waals surface area contributed by atoms with Crippen molar-refractivity contribution in [3.05, 3.63) is 65.2 Å². The van der Waals surface area contributed by atoms with Gasteiger partial charge in [-0.2, -0.15) is 0 Å². The number of para-hydroxylation sites is 1. The third-order valence-corrected chi connectivity index (χ3v) is 6.90. The maximum Gasteiger partial charge on any atom is 0.241 e. The van der Waals surface area contributed by atoms with Gasteiger partial charge in [-0.1, -0.05) is 48.0 Å². The Hall–Kier alpha value is -1.89. The van der Waals surface area contributed by atoms with Gasteiger partial charge >= 0.3 is 0 Å². The second-order valence-corrected chi connectivity index (χ2v) is 9.42. The summed E-state index contributed by atoms with van der Waals surface area (Å²) in [6, 6.07) is 16.3. The summed E-state index contributed by atoms with van der Waals surface area (Å²) in [5.41, 5.74) is 1.64. The molecule has 1 N–H and O–H groups in total. The molecule has 7 heteroatoms. The molecule has 0 spiro atoms. The maximum absolute atomic E-state index is 13.0. The van der Waals surface area contributed by atoms with Crippen molar-refractivity contribution < 1.29 is 13.2 Å². The van der Waals surface area contributed by atoms with Crippen LogP contribution in [-0.2, 0) is 14.6 Å². The number of benzene rings is 2. The minimum Gasteiger partial charge on any atom is -0.307 e. The minimum absolute atomic E-state index is 0.00764. The molecule has 5 nitrogen and oxygen atoms in total. The smallest absolute Gasteiger partial charge is 0.241 e. The Labute approximate surface area is 165 Å². The molecule has 2 atom stereocenters. The quantitative estimate of drug-likeness (QED) is 0.799. The second kappa shape index (κ2) is 8.42. The number of hydrogen-bond donors (Lipinski definition) is 1. The molecule has 2 aromatic carbocycles. The monoisotopic (exact) mass is 406 g/mol. The highest BCUT2D eigenvalue weighted by Crippen LogP contribution is 2.25. The summed E-state index contributed by atoms with van der Waals surface area (Å²) in [4.78, 5) is 14.6. The van der Waals surface area contributed by atoms with E-state index in [2.05, 4.69) is 5.32 Å². The van der Waals surface area contributed by atoms with E-state index in [1.807, 2.05) is 61.5 Å². The Kier molecular flexibility index (Phi) is 6.19.